The lowest BCUT2D eigenvalue weighted by Gasteiger charge is -2.07. The normalized spacial score (nSPS) is 11.9. The smallest absolute Gasteiger partial charge is 0.247 e. The number of rotatable bonds is 10. The van der Waals surface area contributed by atoms with Crippen LogP contribution >= 0.6 is 15.9 Å². The van der Waals surface area contributed by atoms with E-state index in [4.69, 9.17) is 13.9 Å². The molecule has 3 aromatic rings. The minimum atomic E-state index is -1.15. The first-order valence-electron chi connectivity index (χ1n) is 8.93. The second-order valence-corrected chi connectivity index (χ2v) is 8.46. The summed E-state index contributed by atoms with van der Waals surface area (Å²) >= 11 is 3.39. The number of nitrogens with zero attached hydrogens (tertiary/aromatic N) is 2. The predicted octanol–water partition coefficient (Wildman–Crippen LogP) is 4.62. The second kappa shape index (κ2) is 10.4. The van der Waals surface area contributed by atoms with E-state index in [2.05, 4.69) is 33.1 Å². The van der Waals surface area contributed by atoms with Gasteiger partial charge in [-0.15, -0.1) is 10.2 Å². The second-order valence-electron chi connectivity index (χ2n) is 5.96. The molecule has 0 spiro atoms. The van der Waals surface area contributed by atoms with Crippen molar-refractivity contribution >= 4 is 26.7 Å². The average molecular weight is 465 g/mol. The maximum atomic E-state index is 12.2. The standard InChI is InChI=1S/C20H21BrN2O4S/c1-2-11-25-17-7-9-18(10-8-17)26-12-13-28(24)14-19-22-23-20(27-19)15-3-5-16(21)6-4-15/h3-10H,2,11-14H2,1H3/t28-/m0/s1. The van der Waals surface area contributed by atoms with Gasteiger partial charge < -0.3 is 13.9 Å². The summed E-state index contributed by atoms with van der Waals surface area (Å²) in [4.78, 5) is 0. The summed E-state index contributed by atoms with van der Waals surface area (Å²) in [5.41, 5.74) is 0.822. The van der Waals surface area contributed by atoms with Crippen LogP contribution in [0.4, 0.5) is 0 Å². The minimum Gasteiger partial charge on any atom is -0.494 e. The topological polar surface area (TPSA) is 74.5 Å². The summed E-state index contributed by atoms with van der Waals surface area (Å²) in [6.07, 6.45) is 0.967. The van der Waals surface area contributed by atoms with Crippen LogP contribution in [-0.2, 0) is 16.6 Å². The molecule has 2 aromatic carbocycles. The molecule has 0 bridgehead atoms. The van der Waals surface area contributed by atoms with Crippen LogP contribution in [0, 0.1) is 0 Å². The van der Waals surface area contributed by atoms with Crippen LogP contribution in [0.3, 0.4) is 0 Å². The zero-order valence-corrected chi connectivity index (χ0v) is 17.9. The third-order valence-electron chi connectivity index (χ3n) is 3.72. The molecule has 0 aliphatic carbocycles. The van der Waals surface area contributed by atoms with Gasteiger partial charge in [-0.1, -0.05) is 22.9 Å². The molecule has 0 aliphatic heterocycles. The van der Waals surface area contributed by atoms with E-state index < -0.39 is 10.8 Å². The Morgan fingerprint density at radius 3 is 2.25 bits per heavy atom. The molecule has 0 amide bonds. The summed E-state index contributed by atoms with van der Waals surface area (Å²) in [7, 11) is -1.15. The first kappa shape index (κ1) is 20.5. The molecule has 0 unspecified atom stereocenters. The highest BCUT2D eigenvalue weighted by molar-refractivity contribution is 9.10. The van der Waals surface area contributed by atoms with E-state index >= 15 is 0 Å². The number of aromatic nitrogens is 2. The van der Waals surface area contributed by atoms with E-state index in [1.807, 2.05) is 48.5 Å². The maximum absolute atomic E-state index is 12.2. The van der Waals surface area contributed by atoms with Crippen molar-refractivity contribution in [2.45, 2.75) is 19.1 Å². The van der Waals surface area contributed by atoms with E-state index in [0.29, 0.717) is 30.7 Å². The van der Waals surface area contributed by atoms with Gasteiger partial charge in [0, 0.05) is 20.8 Å². The van der Waals surface area contributed by atoms with Gasteiger partial charge in [0.15, 0.2) is 0 Å². The molecule has 6 nitrogen and oxygen atoms in total. The first-order chi connectivity index (χ1) is 13.6. The van der Waals surface area contributed by atoms with Crippen molar-refractivity contribution in [3.05, 3.63) is 58.9 Å². The predicted molar refractivity (Wildman–Crippen MR) is 112 cm³/mol. The van der Waals surface area contributed by atoms with Crippen molar-refractivity contribution in [1.29, 1.82) is 0 Å². The minimum absolute atomic E-state index is 0.205. The van der Waals surface area contributed by atoms with Crippen LogP contribution in [0.2, 0.25) is 0 Å². The molecular weight excluding hydrogens is 444 g/mol. The van der Waals surface area contributed by atoms with Gasteiger partial charge in [0.1, 0.15) is 17.3 Å². The van der Waals surface area contributed by atoms with Crippen molar-refractivity contribution in [3.8, 4) is 23.0 Å². The van der Waals surface area contributed by atoms with Crippen molar-refractivity contribution in [2.75, 3.05) is 19.0 Å². The third-order valence-corrected chi connectivity index (χ3v) is 5.44. The Morgan fingerprint density at radius 1 is 0.964 bits per heavy atom. The van der Waals surface area contributed by atoms with Crippen molar-refractivity contribution in [3.63, 3.8) is 0 Å². The van der Waals surface area contributed by atoms with E-state index in [1.165, 1.54) is 0 Å². The number of halogens is 1. The lowest BCUT2D eigenvalue weighted by Crippen LogP contribution is -2.10. The quantitative estimate of drug-likeness (QED) is 0.435. The molecule has 28 heavy (non-hydrogen) atoms. The largest absolute Gasteiger partial charge is 0.494 e. The molecule has 0 saturated heterocycles. The highest BCUT2D eigenvalue weighted by Gasteiger charge is 2.12. The van der Waals surface area contributed by atoms with Crippen LogP contribution in [-0.4, -0.2) is 33.4 Å². The molecule has 0 N–H and O–H groups in total. The number of hydrogen-bond acceptors (Lipinski definition) is 6. The number of hydrogen-bond donors (Lipinski definition) is 0. The van der Waals surface area contributed by atoms with Gasteiger partial charge in [-0.05, 0) is 55.0 Å². The molecule has 0 aliphatic rings. The molecule has 8 heteroatoms. The van der Waals surface area contributed by atoms with Crippen molar-refractivity contribution in [2.24, 2.45) is 0 Å². The van der Waals surface area contributed by atoms with Gasteiger partial charge in [0.25, 0.3) is 0 Å². The molecule has 3 rings (SSSR count). The highest BCUT2D eigenvalue weighted by atomic mass is 79.9. The molecule has 148 valence electrons. The Bertz CT molecular complexity index is 897. The van der Waals surface area contributed by atoms with Gasteiger partial charge in [0.2, 0.25) is 11.8 Å². The zero-order valence-electron chi connectivity index (χ0n) is 15.5. The SMILES string of the molecule is CCCOc1ccc(OCC[S@](=O)Cc2nnc(-c3ccc(Br)cc3)o2)cc1. The Morgan fingerprint density at radius 2 is 1.61 bits per heavy atom. The van der Waals surface area contributed by atoms with E-state index in [1.54, 1.807) is 0 Å². The first-order valence-corrected chi connectivity index (χ1v) is 11.2. The fourth-order valence-corrected chi connectivity index (χ4v) is 3.41. The average Bonchev–Trinajstić information content (AvgIpc) is 3.16. The summed E-state index contributed by atoms with van der Waals surface area (Å²) < 4.78 is 30.0. The van der Waals surface area contributed by atoms with Crippen molar-refractivity contribution < 1.29 is 18.1 Å². The van der Waals surface area contributed by atoms with Gasteiger partial charge in [-0.3, -0.25) is 4.21 Å². The van der Waals surface area contributed by atoms with Gasteiger partial charge in [-0.25, -0.2) is 0 Å². The molecule has 0 radical (unpaired) electrons. The maximum Gasteiger partial charge on any atom is 0.247 e. The van der Waals surface area contributed by atoms with Gasteiger partial charge in [0.05, 0.1) is 19.0 Å². The van der Waals surface area contributed by atoms with Crippen LogP contribution in [0.15, 0.2) is 57.4 Å². The van der Waals surface area contributed by atoms with Crippen LogP contribution < -0.4 is 9.47 Å². The number of ether oxygens (including phenoxy) is 2. The van der Waals surface area contributed by atoms with Crippen LogP contribution in [0.25, 0.3) is 11.5 Å². The lowest BCUT2D eigenvalue weighted by atomic mass is 10.2. The lowest BCUT2D eigenvalue weighted by molar-refractivity contribution is 0.314. The summed E-state index contributed by atoms with van der Waals surface area (Å²) in [6.45, 7) is 3.10. The van der Waals surface area contributed by atoms with Crippen LogP contribution in [0.1, 0.15) is 19.2 Å². The molecule has 1 heterocycles. The Balaban J connectivity index is 1.44. The summed E-state index contributed by atoms with van der Waals surface area (Å²) in [5, 5.41) is 8.00. The molecular formula is C20H21BrN2O4S. The van der Waals surface area contributed by atoms with E-state index in [0.717, 1.165) is 28.0 Å². The van der Waals surface area contributed by atoms with E-state index in [9.17, 15) is 4.21 Å². The fraction of sp³-hybridized carbons (Fsp3) is 0.300. The Labute approximate surface area is 174 Å². The van der Waals surface area contributed by atoms with E-state index in [-0.39, 0.29) is 5.75 Å². The fourth-order valence-electron chi connectivity index (χ4n) is 2.34. The summed E-state index contributed by atoms with van der Waals surface area (Å²) in [5.74, 6) is 2.89. The molecule has 1 aromatic heterocycles. The van der Waals surface area contributed by atoms with Crippen molar-refractivity contribution in [1.82, 2.24) is 10.2 Å². The highest BCUT2D eigenvalue weighted by Crippen LogP contribution is 2.21. The molecule has 0 fully saturated rings. The van der Waals surface area contributed by atoms with Crippen LogP contribution in [0.5, 0.6) is 11.5 Å². The van der Waals surface area contributed by atoms with Gasteiger partial charge in [-0.2, -0.15) is 0 Å². The zero-order chi connectivity index (χ0) is 19.8. The summed E-state index contributed by atoms with van der Waals surface area (Å²) in [6, 6.07) is 15.0. The monoisotopic (exact) mass is 464 g/mol. The Hall–Kier alpha value is -2.19. The van der Waals surface area contributed by atoms with Gasteiger partial charge >= 0.3 is 0 Å². The molecule has 0 saturated carbocycles. The molecule has 1 atom stereocenters. The Kier molecular flexibility index (Phi) is 7.62. The number of benzene rings is 2. The third kappa shape index (κ3) is 6.17.